The van der Waals surface area contributed by atoms with Crippen molar-refractivity contribution < 1.29 is 18.3 Å². The van der Waals surface area contributed by atoms with E-state index in [1.54, 1.807) is 0 Å². The highest BCUT2D eigenvalue weighted by Gasteiger charge is 2.79. The molecule has 122 valence electrons. The average molecular weight is 339 g/mol. The first-order valence-electron chi connectivity index (χ1n) is 7.65. The van der Waals surface area contributed by atoms with E-state index in [-0.39, 0.29) is 41.3 Å². The fourth-order valence-electron chi connectivity index (χ4n) is 4.03. The number of ether oxygens (including phenoxy) is 1. The molecule has 2 N–H and O–H groups in total. The lowest BCUT2D eigenvalue weighted by Gasteiger charge is -2.55. The number of carbonyl (C=O) groups is 1. The smallest absolute Gasteiger partial charge is 0.414 e. The standard InChI is InChI=1S/C15H15F2N3O2S/c16-9-1-7(19-5-8(4-18)22-14(19)21)2-10(17)13(9)20-11-3-15(11)12(20)6-23-15/h1-2,8,11-12H,3-6,18H2/t8?,11?,12?,15-/m1/s1. The Morgan fingerprint density at radius 3 is 2.57 bits per heavy atom. The second-order valence-corrected chi connectivity index (χ2v) is 7.90. The van der Waals surface area contributed by atoms with Crippen LogP contribution in [0.3, 0.4) is 0 Å². The zero-order chi connectivity index (χ0) is 15.9. The van der Waals surface area contributed by atoms with Gasteiger partial charge in [0.05, 0.1) is 23.0 Å². The predicted octanol–water partition coefficient (Wildman–Crippen LogP) is 1.70. The summed E-state index contributed by atoms with van der Waals surface area (Å²) >= 11 is 1.90. The summed E-state index contributed by atoms with van der Waals surface area (Å²) in [7, 11) is 0. The van der Waals surface area contributed by atoms with Crippen molar-refractivity contribution in [2.75, 3.05) is 28.6 Å². The van der Waals surface area contributed by atoms with Crippen LogP contribution in [0.4, 0.5) is 25.0 Å². The van der Waals surface area contributed by atoms with Gasteiger partial charge in [-0.05, 0) is 6.42 Å². The van der Waals surface area contributed by atoms with Crippen LogP contribution in [0.15, 0.2) is 12.1 Å². The molecule has 4 atom stereocenters. The maximum atomic E-state index is 14.6. The van der Waals surface area contributed by atoms with Crippen molar-refractivity contribution >= 4 is 29.2 Å². The van der Waals surface area contributed by atoms with Crippen molar-refractivity contribution in [1.82, 2.24) is 0 Å². The number of hydrogen-bond donors (Lipinski definition) is 1. The molecule has 1 aliphatic carbocycles. The van der Waals surface area contributed by atoms with Crippen LogP contribution in [-0.2, 0) is 4.74 Å². The van der Waals surface area contributed by atoms with Gasteiger partial charge in [-0.1, -0.05) is 0 Å². The molecule has 1 amide bonds. The zero-order valence-corrected chi connectivity index (χ0v) is 13.0. The third-order valence-electron chi connectivity index (χ3n) is 5.37. The van der Waals surface area contributed by atoms with E-state index in [0.717, 1.165) is 12.2 Å². The van der Waals surface area contributed by atoms with Gasteiger partial charge in [0.15, 0.2) is 11.6 Å². The van der Waals surface area contributed by atoms with Crippen LogP contribution >= 0.6 is 11.8 Å². The summed E-state index contributed by atoms with van der Waals surface area (Å²) in [6.07, 6.45) is -0.0464. The highest BCUT2D eigenvalue weighted by Crippen LogP contribution is 2.72. The Kier molecular flexibility index (Phi) is 2.59. The Morgan fingerprint density at radius 2 is 2.09 bits per heavy atom. The molecule has 5 rings (SSSR count). The summed E-state index contributed by atoms with van der Waals surface area (Å²) in [5.41, 5.74) is 5.70. The van der Waals surface area contributed by atoms with E-state index >= 15 is 0 Å². The van der Waals surface area contributed by atoms with Gasteiger partial charge in [0, 0.05) is 30.5 Å². The second kappa shape index (κ2) is 4.30. The Balaban J connectivity index is 1.46. The Morgan fingerprint density at radius 1 is 1.35 bits per heavy atom. The van der Waals surface area contributed by atoms with Crippen LogP contribution in [0, 0.1) is 11.6 Å². The molecule has 1 saturated carbocycles. The van der Waals surface area contributed by atoms with Gasteiger partial charge in [-0.25, -0.2) is 13.6 Å². The lowest BCUT2D eigenvalue weighted by Crippen LogP contribution is -2.66. The van der Waals surface area contributed by atoms with E-state index in [1.165, 1.54) is 17.0 Å². The largest absolute Gasteiger partial charge is 0.443 e. The number of carbonyl (C=O) groups excluding carboxylic acids is 1. The van der Waals surface area contributed by atoms with E-state index in [4.69, 9.17) is 10.5 Å². The quantitative estimate of drug-likeness (QED) is 0.908. The van der Waals surface area contributed by atoms with Crippen LogP contribution in [0.25, 0.3) is 0 Å². The number of amides is 1. The number of nitrogens with zero attached hydrogens (tertiary/aromatic N) is 2. The van der Waals surface area contributed by atoms with Crippen molar-refractivity contribution in [2.24, 2.45) is 5.73 Å². The molecule has 3 aliphatic heterocycles. The van der Waals surface area contributed by atoms with Gasteiger partial charge in [-0.15, -0.1) is 11.8 Å². The van der Waals surface area contributed by atoms with E-state index in [1.807, 2.05) is 16.7 Å². The number of hydrogen-bond acceptors (Lipinski definition) is 5. The summed E-state index contributed by atoms with van der Waals surface area (Å²) < 4.78 is 34.4. The van der Waals surface area contributed by atoms with Crippen molar-refractivity contribution in [2.45, 2.75) is 29.4 Å². The van der Waals surface area contributed by atoms with Gasteiger partial charge < -0.3 is 15.4 Å². The fraction of sp³-hybridized carbons (Fsp3) is 0.533. The molecule has 0 aromatic heterocycles. The normalized spacial score (nSPS) is 36.8. The molecule has 4 fully saturated rings. The highest BCUT2D eigenvalue weighted by molar-refractivity contribution is 8.02. The summed E-state index contributed by atoms with van der Waals surface area (Å²) in [6.45, 7) is 0.393. The third kappa shape index (κ3) is 1.63. The minimum absolute atomic E-state index is 0.0418. The second-order valence-electron chi connectivity index (χ2n) is 6.52. The number of halogens is 2. The van der Waals surface area contributed by atoms with Gasteiger partial charge in [0.1, 0.15) is 11.8 Å². The van der Waals surface area contributed by atoms with E-state index in [2.05, 4.69) is 0 Å². The molecule has 3 saturated heterocycles. The molecule has 8 heteroatoms. The summed E-state index contributed by atoms with van der Waals surface area (Å²) in [6, 6.07) is 2.95. The first-order valence-corrected chi connectivity index (χ1v) is 8.63. The van der Waals surface area contributed by atoms with Gasteiger partial charge in [-0.3, -0.25) is 4.90 Å². The Labute approximate surface area is 135 Å². The number of thioether (sulfide) groups is 1. The van der Waals surface area contributed by atoms with E-state index in [0.29, 0.717) is 0 Å². The zero-order valence-electron chi connectivity index (χ0n) is 12.2. The van der Waals surface area contributed by atoms with Gasteiger partial charge >= 0.3 is 6.09 Å². The molecule has 0 bridgehead atoms. The van der Waals surface area contributed by atoms with Crippen molar-refractivity contribution in [1.29, 1.82) is 0 Å². The fourth-order valence-corrected chi connectivity index (χ4v) is 5.63. The first kappa shape index (κ1) is 13.9. The van der Waals surface area contributed by atoms with Crippen molar-refractivity contribution in [3.05, 3.63) is 23.8 Å². The summed E-state index contributed by atoms with van der Waals surface area (Å²) in [5, 5.41) is 0. The maximum Gasteiger partial charge on any atom is 0.414 e. The molecule has 1 aromatic carbocycles. The van der Waals surface area contributed by atoms with Gasteiger partial charge in [0.2, 0.25) is 0 Å². The minimum atomic E-state index is -0.624. The molecular weight excluding hydrogens is 324 g/mol. The molecule has 23 heavy (non-hydrogen) atoms. The van der Waals surface area contributed by atoms with E-state index < -0.39 is 23.8 Å². The number of anilines is 2. The van der Waals surface area contributed by atoms with Crippen LogP contribution in [0.1, 0.15) is 6.42 Å². The SMILES string of the molecule is NCC1CN(c2cc(F)c(N3C4CS[C@@]45CC35)c(F)c2)C(=O)O1. The number of rotatable bonds is 3. The Hall–Kier alpha value is -1.54. The molecular formula is C15H15F2N3O2S. The molecule has 0 radical (unpaired) electrons. The predicted molar refractivity (Wildman–Crippen MR) is 82.9 cm³/mol. The molecule has 1 spiro atoms. The molecule has 3 unspecified atom stereocenters. The topological polar surface area (TPSA) is 58.8 Å². The molecule has 5 nitrogen and oxygen atoms in total. The molecule has 4 aliphatic rings. The van der Waals surface area contributed by atoms with Crippen molar-refractivity contribution in [3.8, 4) is 0 Å². The summed E-state index contributed by atoms with van der Waals surface area (Å²) in [5.74, 6) is -0.323. The average Bonchev–Trinajstić information content (AvgIpc) is 3.12. The number of cyclic esters (lactones) is 1. The highest BCUT2D eigenvalue weighted by atomic mass is 32.2. The van der Waals surface area contributed by atoms with E-state index in [9.17, 15) is 13.6 Å². The maximum absolute atomic E-state index is 14.6. The minimum Gasteiger partial charge on any atom is -0.443 e. The van der Waals surface area contributed by atoms with Crippen LogP contribution in [0.5, 0.6) is 0 Å². The molecule has 3 heterocycles. The number of benzene rings is 1. The lowest BCUT2D eigenvalue weighted by atomic mass is 10.0. The van der Waals surface area contributed by atoms with Gasteiger partial charge in [0.25, 0.3) is 0 Å². The van der Waals surface area contributed by atoms with Crippen LogP contribution < -0.4 is 15.5 Å². The van der Waals surface area contributed by atoms with Crippen LogP contribution in [-0.4, -0.2) is 47.9 Å². The van der Waals surface area contributed by atoms with Gasteiger partial charge in [-0.2, -0.15) is 0 Å². The molecule has 1 aromatic rings. The van der Waals surface area contributed by atoms with Crippen LogP contribution in [0.2, 0.25) is 0 Å². The first-order chi connectivity index (χ1) is 11.0. The monoisotopic (exact) mass is 339 g/mol. The third-order valence-corrected chi connectivity index (χ3v) is 7.10. The number of nitrogens with two attached hydrogens (primary N) is 1. The lowest BCUT2D eigenvalue weighted by molar-refractivity contribution is 0.145. The van der Waals surface area contributed by atoms with Crippen molar-refractivity contribution in [3.63, 3.8) is 0 Å². The summed E-state index contributed by atoms with van der Waals surface area (Å²) in [4.78, 5) is 14.9. The Bertz CT molecular complexity index is 710.